The van der Waals surface area contributed by atoms with Crippen molar-refractivity contribution >= 4 is 17.0 Å². The molecule has 0 fully saturated rings. The molecule has 0 aromatic carbocycles. The zero-order valence-electron chi connectivity index (χ0n) is 12.9. The van der Waals surface area contributed by atoms with Gasteiger partial charge >= 0.3 is 22.5 Å². The molecule has 0 heterocycles. The van der Waals surface area contributed by atoms with Crippen molar-refractivity contribution in [2.45, 2.75) is 83.4 Å². The first-order valence-electron chi connectivity index (χ1n) is 7.74. The molecule has 3 nitrogen and oxygen atoms in total. The Balaban J connectivity index is 4.42. The molecule has 0 unspecified atom stereocenters. The molecule has 0 aliphatic carbocycles. The molecule has 0 bridgehead atoms. The number of unbranched alkanes of at least 4 members (excludes halogenated alkanes) is 6. The highest BCUT2D eigenvalue weighted by Crippen LogP contribution is 2.27. The predicted molar refractivity (Wildman–Crippen MR) is 79.7 cm³/mol. The van der Waals surface area contributed by atoms with Crippen molar-refractivity contribution in [3.05, 3.63) is 0 Å². The van der Waals surface area contributed by atoms with Crippen LogP contribution in [0.1, 0.15) is 65.2 Å². The van der Waals surface area contributed by atoms with Crippen LogP contribution in [0.4, 0.5) is 13.2 Å². The van der Waals surface area contributed by atoms with Gasteiger partial charge in [-0.15, -0.1) is 0 Å². The number of halogens is 3. The van der Waals surface area contributed by atoms with E-state index in [0.717, 1.165) is 38.5 Å². The Morgan fingerprint density at radius 3 is 1.62 bits per heavy atom. The molecule has 0 amide bonds. The van der Waals surface area contributed by atoms with Crippen molar-refractivity contribution in [1.82, 2.24) is 0 Å². The van der Waals surface area contributed by atoms with Gasteiger partial charge in [0.15, 0.2) is 0 Å². The average molecular weight is 330 g/mol. The first kappa shape index (κ1) is 20.8. The maximum Gasteiger partial charge on any atom is 0.521 e. The first-order chi connectivity index (χ1) is 9.74. The summed E-state index contributed by atoms with van der Waals surface area (Å²) in [7, 11) is -5.48. The quantitative estimate of drug-likeness (QED) is 0.287. The van der Waals surface area contributed by atoms with E-state index in [9.17, 15) is 21.6 Å². The lowest BCUT2D eigenvalue weighted by Crippen LogP contribution is -2.32. The second kappa shape index (κ2) is 10.5. The van der Waals surface area contributed by atoms with Crippen LogP contribution >= 0.6 is 0 Å². The largest absolute Gasteiger partial charge is 0.521 e. The van der Waals surface area contributed by atoms with Gasteiger partial charge in [0.2, 0.25) is 0 Å². The van der Waals surface area contributed by atoms with Gasteiger partial charge in [-0.25, -0.2) is 0 Å². The lowest BCUT2D eigenvalue weighted by molar-refractivity contribution is -0.0501. The van der Waals surface area contributed by atoms with Crippen molar-refractivity contribution in [3.8, 4) is 0 Å². The summed E-state index contributed by atoms with van der Waals surface area (Å²) in [4.78, 5) is 0. The molecule has 0 saturated heterocycles. The standard InChI is InChI=1S/C13H26BF3O3S/c1-3-5-7-9-11-14(12-10-8-6-4-2)20-21(18,19)13(15,16)17/h3-12H2,1-2H3. The van der Waals surface area contributed by atoms with Crippen LogP contribution in [-0.4, -0.2) is 20.8 Å². The summed E-state index contributed by atoms with van der Waals surface area (Å²) in [5.41, 5.74) is -5.34. The van der Waals surface area contributed by atoms with Gasteiger partial charge < -0.3 is 4.10 Å². The van der Waals surface area contributed by atoms with Gasteiger partial charge in [-0.3, -0.25) is 0 Å². The summed E-state index contributed by atoms with van der Waals surface area (Å²) < 4.78 is 63.7. The van der Waals surface area contributed by atoms with Gasteiger partial charge in [0, 0.05) is 0 Å². The van der Waals surface area contributed by atoms with Gasteiger partial charge in [-0.05, 0) is 12.6 Å². The van der Waals surface area contributed by atoms with Gasteiger partial charge in [-0.1, -0.05) is 65.2 Å². The van der Waals surface area contributed by atoms with Gasteiger partial charge in [0.05, 0.1) is 0 Å². The molecule has 0 rings (SSSR count). The fraction of sp³-hybridized carbons (Fsp3) is 1.00. The first-order valence-corrected chi connectivity index (χ1v) is 9.15. The van der Waals surface area contributed by atoms with Crippen LogP contribution in [0.15, 0.2) is 0 Å². The molecule has 0 atom stereocenters. The molecule has 0 aromatic heterocycles. The highest BCUT2D eigenvalue weighted by Gasteiger charge is 2.48. The molecule has 0 N–H and O–H groups in total. The Morgan fingerprint density at radius 2 is 1.29 bits per heavy atom. The van der Waals surface area contributed by atoms with Crippen molar-refractivity contribution in [3.63, 3.8) is 0 Å². The molecule has 0 aliphatic heterocycles. The highest BCUT2D eigenvalue weighted by molar-refractivity contribution is 7.88. The minimum absolute atomic E-state index is 0.363. The highest BCUT2D eigenvalue weighted by atomic mass is 32.2. The maximum atomic E-state index is 12.4. The van der Waals surface area contributed by atoms with Crippen molar-refractivity contribution in [1.29, 1.82) is 0 Å². The second-order valence-electron chi connectivity index (χ2n) is 5.32. The normalized spacial score (nSPS) is 12.6. The molecule has 8 heteroatoms. The molecular weight excluding hydrogens is 304 g/mol. The van der Waals surface area contributed by atoms with Gasteiger partial charge in [-0.2, -0.15) is 21.6 Å². The molecular formula is C13H26BF3O3S. The van der Waals surface area contributed by atoms with Crippen LogP contribution < -0.4 is 0 Å². The minimum Gasteiger partial charge on any atom is -0.327 e. The Bertz CT molecular complexity index is 346. The summed E-state index contributed by atoms with van der Waals surface area (Å²) in [5, 5.41) is 0. The molecule has 0 radical (unpaired) electrons. The molecule has 0 saturated carbocycles. The van der Waals surface area contributed by atoms with Gasteiger partial charge in [0.1, 0.15) is 0 Å². The number of alkyl halides is 3. The third-order valence-electron chi connectivity index (χ3n) is 3.31. The van der Waals surface area contributed by atoms with Crippen molar-refractivity contribution in [2.24, 2.45) is 0 Å². The van der Waals surface area contributed by atoms with Crippen LogP contribution in [0.5, 0.6) is 0 Å². The van der Waals surface area contributed by atoms with Gasteiger partial charge in [0.25, 0.3) is 0 Å². The lowest BCUT2D eigenvalue weighted by atomic mass is 9.60. The monoisotopic (exact) mass is 330 g/mol. The van der Waals surface area contributed by atoms with Crippen LogP contribution in [0.3, 0.4) is 0 Å². The second-order valence-corrected chi connectivity index (χ2v) is 6.88. The topological polar surface area (TPSA) is 43.4 Å². The summed E-state index contributed by atoms with van der Waals surface area (Å²) in [6.45, 7) is 3.21. The van der Waals surface area contributed by atoms with E-state index in [-0.39, 0.29) is 0 Å². The van der Waals surface area contributed by atoms with E-state index in [4.69, 9.17) is 0 Å². The Labute approximate surface area is 126 Å². The lowest BCUT2D eigenvalue weighted by Gasteiger charge is -2.15. The van der Waals surface area contributed by atoms with E-state index in [0.29, 0.717) is 25.5 Å². The number of hydrogen-bond acceptors (Lipinski definition) is 3. The van der Waals surface area contributed by atoms with Crippen LogP contribution in [0, 0.1) is 0 Å². The predicted octanol–water partition coefficient (Wildman–Crippen LogP) is 5.00. The van der Waals surface area contributed by atoms with E-state index in [1.807, 2.05) is 13.8 Å². The Kier molecular flexibility index (Phi) is 10.4. The molecule has 21 heavy (non-hydrogen) atoms. The zero-order valence-corrected chi connectivity index (χ0v) is 13.7. The van der Waals surface area contributed by atoms with E-state index in [1.54, 1.807) is 0 Å². The van der Waals surface area contributed by atoms with Crippen LogP contribution in [0.2, 0.25) is 12.6 Å². The number of hydrogen-bond donors (Lipinski definition) is 0. The minimum atomic E-state index is -5.48. The molecule has 0 spiro atoms. The van der Waals surface area contributed by atoms with E-state index < -0.39 is 22.5 Å². The molecule has 0 aromatic rings. The number of rotatable bonds is 12. The van der Waals surface area contributed by atoms with Crippen molar-refractivity contribution in [2.75, 3.05) is 0 Å². The maximum absolute atomic E-state index is 12.4. The zero-order chi connectivity index (χ0) is 16.4. The summed E-state index contributed by atoms with van der Waals surface area (Å²) >= 11 is 0. The van der Waals surface area contributed by atoms with Crippen LogP contribution in [0.25, 0.3) is 0 Å². The molecule has 0 aliphatic rings. The smallest absolute Gasteiger partial charge is 0.327 e. The third-order valence-corrected chi connectivity index (χ3v) is 4.40. The van der Waals surface area contributed by atoms with E-state index in [1.165, 1.54) is 0 Å². The van der Waals surface area contributed by atoms with Crippen LogP contribution in [-0.2, 0) is 14.2 Å². The Morgan fingerprint density at radius 1 is 0.857 bits per heavy atom. The van der Waals surface area contributed by atoms with Crippen molar-refractivity contribution < 1.29 is 25.7 Å². The Hall–Kier alpha value is -0.235. The molecule has 126 valence electrons. The fourth-order valence-electron chi connectivity index (χ4n) is 2.07. The summed E-state index contributed by atoms with van der Waals surface area (Å²) in [5.74, 6) is 0. The van der Waals surface area contributed by atoms with E-state index in [2.05, 4.69) is 4.10 Å². The average Bonchev–Trinajstić information content (AvgIpc) is 2.37. The third kappa shape index (κ3) is 9.40. The van der Waals surface area contributed by atoms with E-state index >= 15 is 0 Å². The SMILES string of the molecule is CCCCCCB(CCCCCC)OS(=O)(=O)C(F)(F)F. The fourth-order valence-corrected chi connectivity index (χ4v) is 2.73. The summed E-state index contributed by atoms with van der Waals surface area (Å²) in [6.07, 6.45) is 7.91. The summed E-state index contributed by atoms with van der Waals surface area (Å²) in [6, 6.07) is 0.